The molecular formula is C14H21NO. The highest BCUT2D eigenvalue weighted by atomic mass is 16.5. The van der Waals surface area contributed by atoms with E-state index in [9.17, 15) is 0 Å². The Labute approximate surface area is 98.0 Å². The normalized spacial score (nSPS) is 19.4. The van der Waals surface area contributed by atoms with Crippen LogP contribution < -0.4 is 5.32 Å². The summed E-state index contributed by atoms with van der Waals surface area (Å²) in [7, 11) is 1.83. The van der Waals surface area contributed by atoms with Crippen molar-refractivity contribution in [2.24, 2.45) is 5.92 Å². The third-order valence-electron chi connectivity index (χ3n) is 3.27. The number of hydrogen-bond acceptors (Lipinski definition) is 2. The van der Waals surface area contributed by atoms with E-state index in [1.807, 2.05) is 7.11 Å². The maximum absolute atomic E-state index is 5.68. The molecule has 1 N–H and O–H groups in total. The fourth-order valence-corrected chi connectivity index (χ4v) is 2.33. The van der Waals surface area contributed by atoms with Crippen LogP contribution in [0.5, 0.6) is 0 Å². The van der Waals surface area contributed by atoms with Gasteiger partial charge in [0, 0.05) is 7.11 Å². The standard InChI is InChI=1S/C14H21NO/c1-3-15-13(11-7-5-4-6-8-11)14(16-2)12-9-10-12/h4-8,12-15H,3,9-10H2,1-2H3. The maximum Gasteiger partial charge on any atom is 0.0794 e. The van der Waals surface area contributed by atoms with Crippen molar-refractivity contribution in [1.82, 2.24) is 5.32 Å². The predicted octanol–water partition coefficient (Wildman–Crippen LogP) is 2.76. The Hall–Kier alpha value is -0.860. The summed E-state index contributed by atoms with van der Waals surface area (Å²) in [6.45, 7) is 3.13. The first kappa shape index (κ1) is 11.6. The molecule has 0 spiro atoms. The highest BCUT2D eigenvalue weighted by molar-refractivity contribution is 5.21. The van der Waals surface area contributed by atoms with Gasteiger partial charge in [-0.05, 0) is 30.9 Å². The van der Waals surface area contributed by atoms with Crippen LogP contribution >= 0.6 is 0 Å². The van der Waals surface area contributed by atoms with Gasteiger partial charge in [-0.15, -0.1) is 0 Å². The Morgan fingerprint density at radius 1 is 1.31 bits per heavy atom. The second kappa shape index (κ2) is 5.46. The molecule has 1 aromatic rings. The lowest BCUT2D eigenvalue weighted by Gasteiger charge is -2.27. The van der Waals surface area contributed by atoms with Crippen LogP contribution in [0, 0.1) is 5.92 Å². The fraction of sp³-hybridized carbons (Fsp3) is 0.571. The van der Waals surface area contributed by atoms with Crippen LogP contribution in [0.4, 0.5) is 0 Å². The number of benzene rings is 1. The Morgan fingerprint density at radius 2 is 2.00 bits per heavy atom. The van der Waals surface area contributed by atoms with E-state index in [1.54, 1.807) is 0 Å². The predicted molar refractivity (Wildman–Crippen MR) is 66.4 cm³/mol. The van der Waals surface area contributed by atoms with Crippen LogP contribution in [0.15, 0.2) is 30.3 Å². The van der Waals surface area contributed by atoms with Crippen molar-refractivity contribution >= 4 is 0 Å². The molecule has 0 amide bonds. The molecule has 1 aliphatic carbocycles. The SMILES string of the molecule is CCNC(c1ccccc1)C(OC)C1CC1. The van der Waals surface area contributed by atoms with E-state index in [2.05, 4.69) is 42.6 Å². The number of ether oxygens (including phenoxy) is 1. The molecule has 2 rings (SSSR count). The number of rotatable bonds is 6. The quantitative estimate of drug-likeness (QED) is 0.794. The van der Waals surface area contributed by atoms with Gasteiger partial charge in [0.1, 0.15) is 0 Å². The molecule has 1 aromatic carbocycles. The highest BCUT2D eigenvalue weighted by Gasteiger charge is 2.37. The first-order valence-corrected chi connectivity index (χ1v) is 6.18. The monoisotopic (exact) mass is 219 g/mol. The van der Waals surface area contributed by atoms with E-state index in [0.29, 0.717) is 12.1 Å². The summed E-state index contributed by atoms with van der Waals surface area (Å²) in [6, 6.07) is 11.0. The van der Waals surface area contributed by atoms with Gasteiger partial charge in [-0.25, -0.2) is 0 Å². The summed E-state index contributed by atoms with van der Waals surface area (Å²) in [5.41, 5.74) is 1.34. The number of likely N-dealkylation sites (N-methyl/N-ethyl adjacent to an activating group) is 1. The molecule has 1 fully saturated rings. The topological polar surface area (TPSA) is 21.3 Å². The fourth-order valence-electron chi connectivity index (χ4n) is 2.33. The third kappa shape index (κ3) is 2.63. The molecule has 0 saturated heterocycles. The van der Waals surface area contributed by atoms with Gasteiger partial charge in [0.15, 0.2) is 0 Å². The lowest BCUT2D eigenvalue weighted by atomic mass is 9.98. The molecule has 0 aliphatic heterocycles. The van der Waals surface area contributed by atoms with Crippen LogP contribution in [-0.2, 0) is 4.74 Å². The van der Waals surface area contributed by atoms with E-state index < -0.39 is 0 Å². The van der Waals surface area contributed by atoms with E-state index in [0.717, 1.165) is 12.5 Å². The Bertz CT molecular complexity index is 308. The van der Waals surface area contributed by atoms with E-state index in [4.69, 9.17) is 4.74 Å². The van der Waals surface area contributed by atoms with Gasteiger partial charge in [-0.3, -0.25) is 0 Å². The van der Waals surface area contributed by atoms with E-state index >= 15 is 0 Å². The zero-order chi connectivity index (χ0) is 11.4. The Kier molecular flexibility index (Phi) is 3.97. The van der Waals surface area contributed by atoms with Crippen molar-refractivity contribution in [3.8, 4) is 0 Å². The van der Waals surface area contributed by atoms with Gasteiger partial charge in [0.2, 0.25) is 0 Å². The van der Waals surface area contributed by atoms with Crippen molar-refractivity contribution in [2.75, 3.05) is 13.7 Å². The van der Waals surface area contributed by atoms with Gasteiger partial charge < -0.3 is 10.1 Å². The number of hydrogen-bond donors (Lipinski definition) is 1. The highest BCUT2D eigenvalue weighted by Crippen LogP contribution is 2.39. The molecule has 0 bridgehead atoms. The van der Waals surface area contributed by atoms with E-state index in [1.165, 1.54) is 18.4 Å². The molecule has 88 valence electrons. The largest absolute Gasteiger partial charge is 0.379 e. The van der Waals surface area contributed by atoms with Crippen molar-refractivity contribution in [3.63, 3.8) is 0 Å². The van der Waals surface area contributed by atoms with Crippen molar-refractivity contribution in [3.05, 3.63) is 35.9 Å². The van der Waals surface area contributed by atoms with Gasteiger partial charge in [0.05, 0.1) is 12.1 Å². The number of nitrogens with one attached hydrogen (secondary N) is 1. The lowest BCUT2D eigenvalue weighted by Crippen LogP contribution is -2.34. The smallest absolute Gasteiger partial charge is 0.0794 e. The molecular weight excluding hydrogens is 198 g/mol. The molecule has 2 unspecified atom stereocenters. The zero-order valence-electron chi connectivity index (χ0n) is 10.1. The summed E-state index contributed by atoms with van der Waals surface area (Å²) >= 11 is 0. The summed E-state index contributed by atoms with van der Waals surface area (Å²) in [5.74, 6) is 0.745. The van der Waals surface area contributed by atoms with Gasteiger partial charge in [-0.1, -0.05) is 37.3 Å². The minimum atomic E-state index is 0.322. The second-order valence-corrected chi connectivity index (χ2v) is 4.48. The molecule has 2 nitrogen and oxygen atoms in total. The van der Waals surface area contributed by atoms with Crippen LogP contribution in [0.2, 0.25) is 0 Å². The van der Waals surface area contributed by atoms with E-state index in [-0.39, 0.29) is 0 Å². The maximum atomic E-state index is 5.68. The molecule has 0 aromatic heterocycles. The average molecular weight is 219 g/mol. The molecule has 0 radical (unpaired) electrons. The first-order chi connectivity index (χ1) is 7.86. The Morgan fingerprint density at radius 3 is 2.50 bits per heavy atom. The third-order valence-corrected chi connectivity index (χ3v) is 3.27. The first-order valence-electron chi connectivity index (χ1n) is 6.18. The van der Waals surface area contributed by atoms with Gasteiger partial charge >= 0.3 is 0 Å². The van der Waals surface area contributed by atoms with Crippen molar-refractivity contribution in [2.45, 2.75) is 31.9 Å². The minimum absolute atomic E-state index is 0.322. The number of methoxy groups -OCH3 is 1. The molecule has 1 saturated carbocycles. The molecule has 2 atom stereocenters. The minimum Gasteiger partial charge on any atom is -0.379 e. The van der Waals surface area contributed by atoms with Crippen LogP contribution in [0.3, 0.4) is 0 Å². The average Bonchev–Trinajstić information content (AvgIpc) is 3.15. The van der Waals surface area contributed by atoms with Crippen molar-refractivity contribution in [1.29, 1.82) is 0 Å². The van der Waals surface area contributed by atoms with Crippen LogP contribution in [0.1, 0.15) is 31.4 Å². The molecule has 0 heterocycles. The van der Waals surface area contributed by atoms with Crippen LogP contribution in [-0.4, -0.2) is 19.8 Å². The second-order valence-electron chi connectivity index (χ2n) is 4.48. The summed E-state index contributed by atoms with van der Waals surface area (Å²) < 4.78 is 5.68. The van der Waals surface area contributed by atoms with Crippen LogP contribution in [0.25, 0.3) is 0 Å². The van der Waals surface area contributed by atoms with Crippen molar-refractivity contribution < 1.29 is 4.74 Å². The van der Waals surface area contributed by atoms with Gasteiger partial charge in [0.25, 0.3) is 0 Å². The summed E-state index contributed by atoms with van der Waals surface area (Å²) in [5, 5.41) is 3.55. The molecule has 1 aliphatic rings. The molecule has 16 heavy (non-hydrogen) atoms. The summed E-state index contributed by atoms with van der Waals surface area (Å²) in [6.07, 6.45) is 2.95. The zero-order valence-corrected chi connectivity index (χ0v) is 10.1. The Balaban J connectivity index is 2.15. The van der Waals surface area contributed by atoms with Gasteiger partial charge in [-0.2, -0.15) is 0 Å². The lowest BCUT2D eigenvalue weighted by molar-refractivity contribution is 0.0512. The molecule has 2 heteroatoms. The summed E-state index contributed by atoms with van der Waals surface area (Å²) in [4.78, 5) is 0.